The van der Waals surface area contributed by atoms with Crippen molar-refractivity contribution in [3.63, 3.8) is 0 Å². The number of hydrogen-bond acceptors (Lipinski definition) is 5. The van der Waals surface area contributed by atoms with Gasteiger partial charge in [0.1, 0.15) is 0 Å². The summed E-state index contributed by atoms with van der Waals surface area (Å²) in [7, 11) is -4.07. The van der Waals surface area contributed by atoms with Crippen molar-refractivity contribution in [2.24, 2.45) is 0 Å². The highest BCUT2D eigenvalue weighted by molar-refractivity contribution is 7.92. The largest absolute Gasteiger partial charge is 0.381 e. The van der Waals surface area contributed by atoms with Crippen LogP contribution in [0, 0.1) is 0 Å². The molecule has 136 valence electrons. The van der Waals surface area contributed by atoms with Crippen LogP contribution in [0.3, 0.4) is 0 Å². The molecule has 0 aromatic heterocycles. The summed E-state index contributed by atoms with van der Waals surface area (Å²) in [6.07, 6.45) is 2.28. The highest BCUT2D eigenvalue weighted by Gasteiger charge is 2.33. The smallest absolute Gasteiger partial charge is 0.303 e. The van der Waals surface area contributed by atoms with Crippen molar-refractivity contribution in [2.75, 3.05) is 42.6 Å². The summed E-state index contributed by atoms with van der Waals surface area (Å²) in [4.78, 5) is 0. The molecule has 2 rings (SSSR count). The maximum Gasteiger partial charge on any atom is 0.303 e. The Morgan fingerprint density at radius 3 is 2.04 bits per heavy atom. The Morgan fingerprint density at radius 2 is 1.58 bits per heavy atom. The van der Waals surface area contributed by atoms with Crippen molar-refractivity contribution in [3.8, 4) is 0 Å². The summed E-state index contributed by atoms with van der Waals surface area (Å²) in [6.45, 7) is 1.02. The number of benzene rings is 1. The number of nitrogens with one attached hydrogen (secondary N) is 1. The minimum Gasteiger partial charge on any atom is -0.381 e. The van der Waals surface area contributed by atoms with Gasteiger partial charge in [0.05, 0.1) is 18.0 Å². The molecular formula is C14H23N3O5S2. The first kappa shape index (κ1) is 19.0. The molecule has 1 aliphatic heterocycles. The fourth-order valence-corrected chi connectivity index (χ4v) is 4.41. The Hall–Kier alpha value is -1.36. The molecule has 24 heavy (non-hydrogen) atoms. The van der Waals surface area contributed by atoms with Crippen LogP contribution >= 0.6 is 0 Å². The van der Waals surface area contributed by atoms with E-state index in [0.717, 1.165) is 6.26 Å². The van der Waals surface area contributed by atoms with E-state index in [2.05, 4.69) is 4.72 Å². The van der Waals surface area contributed by atoms with Crippen LogP contribution in [-0.4, -0.2) is 60.7 Å². The quantitative estimate of drug-likeness (QED) is 0.793. The summed E-state index contributed by atoms with van der Waals surface area (Å²) >= 11 is 0. The van der Waals surface area contributed by atoms with Crippen LogP contribution in [0.5, 0.6) is 0 Å². The van der Waals surface area contributed by atoms with Gasteiger partial charge in [0.2, 0.25) is 10.0 Å². The Morgan fingerprint density at radius 1 is 1.04 bits per heavy atom. The third-order valence-corrected chi connectivity index (χ3v) is 6.19. The van der Waals surface area contributed by atoms with E-state index in [0.29, 0.717) is 37.4 Å². The van der Waals surface area contributed by atoms with Gasteiger partial charge in [-0.3, -0.25) is 9.03 Å². The van der Waals surface area contributed by atoms with Crippen LogP contribution in [0.15, 0.2) is 24.3 Å². The molecular weight excluding hydrogens is 354 g/mol. The zero-order chi connectivity index (χ0) is 18.0. The summed E-state index contributed by atoms with van der Waals surface area (Å²) in [5.41, 5.74) is 0.880. The molecule has 0 unspecified atom stereocenters. The molecule has 1 heterocycles. The Balaban J connectivity index is 2.36. The predicted molar refractivity (Wildman–Crippen MR) is 93.8 cm³/mol. The van der Waals surface area contributed by atoms with Crippen molar-refractivity contribution in [1.29, 1.82) is 0 Å². The Bertz CT molecular complexity index is 754. The van der Waals surface area contributed by atoms with Gasteiger partial charge in [-0.25, -0.2) is 8.42 Å². The molecule has 1 fully saturated rings. The lowest BCUT2D eigenvalue weighted by atomic mass is 10.1. The van der Waals surface area contributed by atoms with Gasteiger partial charge >= 0.3 is 10.2 Å². The molecule has 1 aliphatic rings. The van der Waals surface area contributed by atoms with Crippen LogP contribution in [-0.2, 0) is 25.0 Å². The lowest BCUT2D eigenvalue weighted by Crippen LogP contribution is -2.48. The molecule has 1 saturated heterocycles. The molecule has 1 aromatic rings. The lowest BCUT2D eigenvalue weighted by Gasteiger charge is -2.36. The van der Waals surface area contributed by atoms with Gasteiger partial charge in [-0.1, -0.05) is 0 Å². The van der Waals surface area contributed by atoms with Gasteiger partial charge in [-0.05, 0) is 37.1 Å². The second-order valence-electron chi connectivity index (χ2n) is 5.85. The molecule has 0 radical (unpaired) electrons. The van der Waals surface area contributed by atoms with Crippen LogP contribution in [0.4, 0.5) is 11.4 Å². The van der Waals surface area contributed by atoms with Gasteiger partial charge in [0.15, 0.2) is 0 Å². The van der Waals surface area contributed by atoms with Crippen LogP contribution in [0.1, 0.15) is 12.8 Å². The maximum atomic E-state index is 12.7. The van der Waals surface area contributed by atoms with E-state index < -0.39 is 20.2 Å². The lowest BCUT2D eigenvalue weighted by molar-refractivity contribution is 0.0873. The van der Waals surface area contributed by atoms with E-state index in [-0.39, 0.29) is 6.04 Å². The van der Waals surface area contributed by atoms with Crippen LogP contribution < -0.4 is 9.03 Å². The predicted octanol–water partition coefficient (Wildman–Crippen LogP) is 0.850. The molecule has 0 spiro atoms. The number of sulfonamides is 1. The second kappa shape index (κ2) is 7.26. The molecule has 8 nitrogen and oxygen atoms in total. The molecule has 0 amide bonds. The average Bonchev–Trinajstić information content (AvgIpc) is 2.48. The highest BCUT2D eigenvalue weighted by Crippen LogP contribution is 2.28. The van der Waals surface area contributed by atoms with E-state index >= 15 is 0 Å². The minimum atomic E-state index is -3.67. The topological polar surface area (TPSA) is 96.0 Å². The monoisotopic (exact) mass is 377 g/mol. The zero-order valence-electron chi connectivity index (χ0n) is 14.0. The third kappa shape index (κ3) is 4.59. The maximum absolute atomic E-state index is 12.7. The van der Waals surface area contributed by atoms with Crippen molar-refractivity contribution in [1.82, 2.24) is 4.31 Å². The van der Waals surface area contributed by atoms with E-state index in [9.17, 15) is 16.8 Å². The normalized spacial score (nSPS) is 17.0. The van der Waals surface area contributed by atoms with Gasteiger partial charge in [0.25, 0.3) is 0 Å². The number of nitrogens with zero attached hydrogens (tertiary/aromatic N) is 2. The average molecular weight is 377 g/mol. The Kier molecular flexibility index (Phi) is 5.74. The first-order chi connectivity index (χ1) is 11.1. The van der Waals surface area contributed by atoms with E-state index in [4.69, 9.17) is 4.74 Å². The fourth-order valence-electron chi connectivity index (χ4n) is 2.52. The van der Waals surface area contributed by atoms with E-state index in [1.54, 1.807) is 24.3 Å². The van der Waals surface area contributed by atoms with Crippen molar-refractivity contribution >= 4 is 31.6 Å². The van der Waals surface area contributed by atoms with Crippen LogP contribution in [0.25, 0.3) is 0 Å². The molecule has 0 bridgehead atoms. The zero-order valence-corrected chi connectivity index (χ0v) is 15.6. The Labute approximate surface area is 143 Å². The molecule has 0 aliphatic carbocycles. The number of anilines is 2. The summed E-state index contributed by atoms with van der Waals surface area (Å²) in [5.74, 6) is 0. The molecule has 1 N–H and O–H groups in total. The van der Waals surface area contributed by atoms with Crippen molar-refractivity contribution in [3.05, 3.63) is 24.3 Å². The second-order valence-corrected chi connectivity index (χ2v) is 9.62. The molecule has 1 aromatic carbocycles. The molecule has 0 saturated carbocycles. The first-order valence-corrected chi connectivity index (χ1v) is 10.8. The van der Waals surface area contributed by atoms with E-state index in [1.807, 2.05) is 0 Å². The fraction of sp³-hybridized carbons (Fsp3) is 0.571. The first-order valence-electron chi connectivity index (χ1n) is 7.49. The molecule has 0 atom stereocenters. The van der Waals surface area contributed by atoms with Crippen molar-refractivity contribution in [2.45, 2.75) is 18.9 Å². The minimum absolute atomic E-state index is 0.195. The van der Waals surface area contributed by atoms with Gasteiger partial charge < -0.3 is 4.74 Å². The number of hydrogen-bond donors (Lipinski definition) is 1. The van der Waals surface area contributed by atoms with Gasteiger partial charge in [-0.15, -0.1) is 0 Å². The summed E-state index contributed by atoms with van der Waals surface area (Å²) in [6, 6.07) is 6.11. The number of rotatable bonds is 6. The third-order valence-electron chi connectivity index (χ3n) is 3.66. The van der Waals surface area contributed by atoms with Gasteiger partial charge in [0, 0.05) is 33.0 Å². The summed E-state index contributed by atoms with van der Waals surface area (Å²) in [5, 5.41) is 0. The number of ether oxygens (including phenoxy) is 1. The summed E-state index contributed by atoms with van der Waals surface area (Å²) < 4.78 is 58.3. The SMILES string of the molecule is CN(C)S(=O)(=O)N(c1ccc(NS(C)(=O)=O)cc1)C1CCOCC1. The molecule has 10 heteroatoms. The van der Waals surface area contributed by atoms with Gasteiger partial charge in [-0.2, -0.15) is 12.7 Å². The highest BCUT2D eigenvalue weighted by atomic mass is 32.2. The standard InChI is InChI=1S/C14H23N3O5S2/c1-16(2)24(20,21)17(14-8-10-22-11-9-14)13-6-4-12(5-7-13)15-23(3,18)19/h4-7,14-15H,8-11H2,1-3H3. The van der Waals surface area contributed by atoms with E-state index in [1.165, 1.54) is 22.7 Å². The van der Waals surface area contributed by atoms with Crippen LogP contribution in [0.2, 0.25) is 0 Å². The van der Waals surface area contributed by atoms with Crippen molar-refractivity contribution < 1.29 is 21.6 Å².